The third kappa shape index (κ3) is 5.37. The monoisotopic (exact) mass is 479 g/mol. The van der Waals surface area contributed by atoms with Crippen molar-refractivity contribution in [3.63, 3.8) is 0 Å². The molecule has 14 heteroatoms. The molecule has 1 fully saturated rings. The summed E-state index contributed by atoms with van der Waals surface area (Å²) in [6.07, 6.45) is -0.0709. The minimum absolute atomic E-state index is 0.0308. The first kappa shape index (κ1) is 24.3. The molecule has 4 amide bonds. The van der Waals surface area contributed by atoms with Crippen molar-refractivity contribution >= 4 is 33.5 Å². The Morgan fingerprint density at radius 1 is 1.09 bits per heavy atom. The molecule has 2 heterocycles. The fourth-order valence-corrected chi connectivity index (χ4v) is 4.85. The summed E-state index contributed by atoms with van der Waals surface area (Å²) >= 11 is 0. The molecule has 0 aliphatic carbocycles. The van der Waals surface area contributed by atoms with Gasteiger partial charge in [0, 0.05) is 17.9 Å². The number of fused-ring (bicyclic) bond motifs is 1. The van der Waals surface area contributed by atoms with Gasteiger partial charge < -0.3 is 9.47 Å². The Balaban J connectivity index is 1.66. The van der Waals surface area contributed by atoms with E-state index in [1.807, 2.05) is 0 Å². The van der Waals surface area contributed by atoms with Crippen LogP contribution in [0, 0.1) is 0 Å². The largest absolute Gasteiger partial charge is 0.379 e. The van der Waals surface area contributed by atoms with Gasteiger partial charge in [0.05, 0.1) is 48.2 Å². The van der Waals surface area contributed by atoms with Gasteiger partial charge in [0.15, 0.2) is 9.84 Å². The zero-order chi connectivity index (χ0) is 24.0. The predicted octanol–water partition coefficient (Wildman–Crippen LogP) is 0.205. The summed E-state index contributed by atoms with van der Waals surface area (Å²) in [7, 11) is -4.00. The van der Waals surface area contributed by atoms with Crippen LogP contribution in [0.5, 0.6) is 0 Å². The van der Waals surface area contributed by atoms with Gasteiger partial charge in [-0.3, -0.25) is 29.4 Å². The number of carbonyl (C=O) groups is 4. The highest BCUT2D eigenvalue weighted by Gasteiger charge is 2.46. The average Bonchev–Trinajstić information content (AvgIpc) is 3.03. The van der Waals surface area contributed by atoms with Gasteiger partial charge in [0.2, 0.25) is 11.8 Å². The Hall–Kier alpha value is -3.32. The molecule has 1 aromatic carbocycles. The lowest BCUT2D eigenvalue weighted by Crippen LogP contribution is -2.54. The lowest BCUT2D eigenvalue weighted by Gasteiger charge is -2.27. The van der Waals surface area contributed by atoms with Crippen LogP contribution in [0.4, 0.5) is 0 Å². The number of rotatable bonds is 11. The SMILES string of the molecule is [N-]=[N+]=NCCOCCOCCS(=O)(=O)c1cccc2c1C(=O)N(C1CCC(=O)NC1=O)C2=O. The van der Waals surface area contributed by atoms with Crippen molar-refractivity contribution in [2.75, 3.05) is 38.7 Å². The van der Waals surface area contributed by atoms with E-state index in [0.717, 1.165) is 4.90 Å². The normalized spacial score (nSPS) is 18.2. The van der Waals surface area contributed by atoms with Crippen LogP contribution in [0.15, 0.2) is 28.2 Å². The summed E-state index contributed by atoms with van der Waals surface area (Å²) < 4.78 is 36.1. The third-order valence-corrected chi connectivity index (χ3v) is 6.75. The highest BCUT2D eigenvalue weighted by molar-refractivity contribution is 7.91. The molecular formula is C19H21N5O8S. The molecule has 1 N–H and O–H groups in total. The minimum Gasteiger partial charge on any atom is -0.379 e. The highest BCUT2D eigenvalue weighted by atomic mass is 32.2. The Morgan fingerprint density at radius 2 is 1.82 bits per heavy atom. The Labute approximate surface area is 188 Å². The van der Waals surface area contributed by atoms with Crippen molar-refractivity contribution in [2.24, 2.45) is 5.11 Å². The summed E-state index contributed by atoms with van der Waals surface area (Å²) in [5.41, 5.74) is 7.75. The number of sulfone groups is 1. The molecule has 0 spiro atoms. The molecule has 1 unspecified atom stereocenters. The number of hydrogen-bond acceptors (Lipinski definition) is 9. The fourth-order valence-electron chi connectivity index (χ4n) is 3.49. The molecule has 33 heavy (non-hydrogen) atoms. The summed E-state index contributed by atoms with van der Waals surface area (Å²) in [4.78, 5) is 52.4. The lowest BCUT2D eigenvalue weighted by atomic mass is 10.0. The van der Waals surface area contributed by atoms with E-state index < -0.39 is 45.3 Å². The number of ether oxygens (including phenoxy) is 2. The second-order valence-corrected chi connectivity index (χ2v) is 9.20. The molecule has 176 valence electrons. The van der Waals surface area contributed by atoms with Crippen LogP contribution in [0.3, 0.4) is 0 Å². The van der Waals surface area contributed by atoms with Gasteiger partial charge >= 0.3 is 0 Å². The third-order valence-electron chi connectivity index (χ3n) is 5.03. The molecule has 2 aliphatic rings. The number of imide groups is 2. The maximum absolute atomic E-state index is 13.0. The first-order valence-corrected chi connectivity index (χ1v) is 11.7. The Morgan fingerprint density at radius 3 is 2.52 bits per heavy atom. The van der Waals surface area contributed by atoms with Crippen molar-refractivity contribution in [3.05, 3.63) is 39.8 Å². The number of benzene rings is 1. The molecule has 0 radical (unpaired) electrons. The van der Waals surface area contributed by atoms with Gasteiger partial charge in [0.1, 0.15) is 6.04 Å². The molecule has 3 rings (SSSR count). The van der Waals surface area contributed by atoms with E-state index in [0.29, 0.717) is 0 Å². The molecule has 13 nitrogen and oxygen atoms in total. The second kappa shape index (κ2) is 10.5. The molecular weight excluding hydrogens is 458 g/mol. The number of carbonyl (C=O) groups excluding carboxylic acids is 4. The minimum atomic E-state index is -4.00. The number of azide groups is 1. The van der Waals surface area contributed by atoms with Crippen LogP contribution >= 0.6 is 0 Å². The van der Waals surface area contributed by atoms with E-state index in [2.05, 4.69) is 15.3 Å². The van der Waals surface area contributed by atoms with E-state index >= 15 is 0 Å². The average molecular weight is 479 g/mol. The van der Waals surface area contributed by atoms with Gasteiger partial charge in [0.25, 0.3) is 11.8 Å². The summed E-state index contributed by atoms with van der Waals surface area (Å²) in [6.45, 7) is 0.494. The van der Waals surface area contributed by atoms with Crippen molar-refractivity contribution in [3.8, 4) is 0 Å². The number of nitrogens with zero attached hydrogens (tertiary/aromatic N) is 4. The van der Waals surface area contributed by atoms with Gasteiger partial charge in [-0.05, 0) is 24.1 Å². The van der Waals surface area contributed by atoms with E-state index in [-0.39, 0.29) is 61.8 Å². The van der Waals surface area contributed by atoms with Gasteiger partial charge in [-0.15, -0.1) is 0 Å². The topological polar surface area (TPSA) is 185 Å². The molecule has 0 saturated carbocycles. The van der Waals surface area contributed by atoms with Gasteiger partial charge in [-0.2, -0.15) is 0 Å². The van der Waals surface area contributed by atoms with E-state index in [1.165, 1.54) is 18.2 Å². The molecule has 1 aromatic rings. The van der Waals surface area contributed by atoms with Crippen LogP contribution < -0.4 is 5.32 Å². The van der Waals surface area contributed by atoms with Crippen molar-refractivity contribution in [1.82, 2.24) is 10.2 Å². The van der Waals surface area contributed by atoms with Crippen molar-refractivity contribution in [1.29, 1.82) is 0 Å². The Kier molecular flexibility index (Phi) is 7.76. The summed E-state index contributed by atoms with van der Waals surface area (Å²) in [5.74, 6) is -3.40. The molecule has 0 bridgehead atoms. The molecule has 2 aliphatic heterocycles. The van der Waals surface area contributed by atoms with E-state index in [4.69, 9.17) is 15.0 Å². The number of piperidine rings is 1. The number of nitrogens with one attached hydrogen (secondary N) is 1. The quantitative estimate of drug-likeness (QED) is 0.153. The first-order chi connectivity index (χ1) is 15.8. The van der Waals surface area contributed by atoms with Gasteiger partial charge in [-0.1, -0.05) is 11.2 Å². The van der Waals surface area contributed by atoms with Crippen LogP contribution in [0.25, 0.3) is 10.4 Å². The highest BCUT2D eigenvalue weighted by Crippen LogP contribution is 2.32. The second-order valence-electron chi connectivity index (χ2n) is 7.12. The Bertz CT molecular complexity index is 1130. The standard InChI is InChI=1S/C19H21N5O8S/c20-23-21-6-7-31-8-9-32-10-11-33(29,30)14-3-1-2-12-16(14)19(28)24(18(12)27)13-4-5-15(25)22-17(13)26/h1-3,13H,4-11H2,(H,22,25,26). The van der Waals surface area contributed by atoms with Crippen LogP contribution in [-0.4, -0.2) is 81.7 Å². The fraction of sp³-hybridized carbons (Fsp3) is 0.474. The maximum atomic E-state index is 13.0. The molecule has 1 saturated heterocycles. The molecule has 0 aromatic heterocycles. The van der Waals surface area contributed by atoms with E-state index in [9.17, 15) is 27.6 Å². The van der Waals surface area contributed by atoms with E-state index in [1.54, 1.807) is 0 Å². The first-order valence-electron chi connectivity index (χ1n) is 10.0. The van der Waals surface area contributed by atoms with Crippen molar-refractivity contribution < 1.29 is 37.1 Å². The van der Waals surface area contributed by atoms with Gasteiger partial charge in [-0.25, -0.2) is 8.42 Å². The smallest absolute Gasteiger partial charge is 0.263 e. The summed E-state index contributed by atoms with van der Waals surface area (Å²) in [6, 6.07) is 2.72. The predicted molar refractivity (Wildman–Crippen MR) is 111 cm³/mol. The zero-order valence-electron chi connectivity index (χ0n) is 17.4. The van der Waals surface area contributed by atoms with Crippen LogP contribution in [0.2, 0.25) is 0 Å². The van der Waals surface area contributed by atoms with Crippen LogP contribution in [-0.2, 0) is 28.9 Å². The zero-order valence-corrected chi connectivity index (χ0v) is 18.2. The van der Waals surface area contributed by atoms with Crippen LogP contribution in [0.1, 0.15) is 33.6 Å². The number of amides is 4. The maximum Gasteiger partial charge on any atom is 0.263 e. The number of hydrogen-bond donors (Lipinski definition) is 1. The molecule has 1 atom stereocenters. The summed E-state index contributed by atoms with van der Waals surface area (Å²) in [5, 5.41) is 5.39. The lowest BCUT2D eigenvalue weighted by molar-refractivity contribution is -0.136. The van der Waals surface area contributed by atoms with Crippen molar-refractivity contribution in [2.45, 2.75) is 23.8 Å².